The molecule has 0 fully saturated rings. The van der Waals surface area contributed by atoms with Crippen molar-refractivity contribution in [1.82, 2.24) is 5.32 Å². The summed E-state index contributed by atoms with van der Waals surface area (Å²) in [6.07, 6.45) is -0.566. The van der Waals surface area contributed by atoms with Crippen molar-refractivity contribution < 1.29 is 28.5 Å². The molecule has 0 radical (unpaired) electrons. The average Bonchev–Trinajstić information content (AvgIpc) is 2.48. The quantitative estimate of drug-likeness (QED) is 0.639. The molecule has 0 saturated carbocycles. The average molecular weight is 325 g/mol. The lowest BCUT2D eigenvalue weighted by Crippen LogP contribution is -2.34. The highest BCUT2D eigenvalue weighted by molar-refractivity contribution is 5.95. The zero-order valence-electron chi connectivity index (χ0n) is 14.1. The Bertz CT molecular complexity index is 528. The molecule has 0 heterocycles. The maximum absolute atomic E-state index is 12.2. The molecule has 1 rings (SSSR count). The van der Waals surface area contributed by atoms with Crippen LogP contribution in [0.5, 0.6) is 11.5 Å². The Labute approximate surface area is 135 Å². The van der Waals surface area contributed by atoms with Gasteiger partial charge in [0.05, 0.1) is 20.8 Å². The van der Waals surface area contributed by atoms with Gasteiger partial charge in [-0.2, -0.15) is 0 Å². The summed E-state index contributed by atoms with van der Waals surface area (Å²) in [5.74, 6) is 0.120. The number of alkyl carbamates (subject to hydrolysis) is 1. The first-order valence-electron chi connectivity index (χ1n) is 7.13. The van der Waals surface area contributed by atoms with Crippen LogP contribution in [0, 0.1) is 0 Å². The van der Waals surface area contributed by atoms with E-state index in [0.29, 0.717) is 11.5 Å². The van der Waals surface area contributed by atoms with Crippen molar-refractivity contribution in [2.24, 2.45) is 0 Å². The number of methoxy groups -OCH3 is 2. The number of esters is 1. The maximum Gasteiger partial charge on any atom is 0.407 e. The number of ether oxygens (including phenoxy) is 4. The summed E-state index contributed by atoms with van der Waals surface area (Å²) in [4.78, 5) is 23.6. The van der Waals surface area contributed by atoms with Crippen LogP contribution in [0.2, 0.25) is 0 Å². The van der Waals surface area contributed by atoms with Crippen molar-refractivity contribution in [3.8, 4) is 11.5 Å². The maximum atomic E-state index is 12.2. The van der Waals surface area contributed by atoms with Gasteiger partial charge in [-0.1, -0.05) is 6.07 Å². The van der Waals surface area contributed by atoms with E-state index in [1.54, 1.807) is 39.0 Å². The van der Waals surface area contributed by atoms with Crippen molar-refractivity contribution in [1.29, 1.82) is 0 Å². The first-order valence-corrected chi connectivity index (χ1v) is 7.13. The van der Waals surface area contributed by atoms with Gasteiger partial charge in [0.25, 0.3) is 0 Å². The van der Waals surface area contributed by atoms with Gasteiger partial charge in [-0.05, 0) is 32.9 Å². The van der Waals surface area contributed by atoms with Crippen molar-refractivity contribution in [3.05, 3.63) is 23.8 Å². The molecule has 0 aliphatic carbocycles. The Morgan fingerprint density at radius 3 is 2.13 bits per heavy atom. The monoisotopic (exact) mass is 325 g/mol. The van der Waals surface area contributed by atoms with Gasteiger partial charge in [0, 0.05) is 0 Å². The number of hydrogen-bond donors (Lipinski definition) is 1. The Balaban J connectivity index is 2.54. The van der Waals surface area contributed by atoms with Crippen LogP contribution in [-0.2, 0) is 9.47 Å². The van der Waals surface area contributed by atoms with Crippen LogP contribution < -0.4 is 14.8 Å². The minimum Gasteiger partial charge on any atom is -0.496 e. The Morgan fingerprint density at radius 1 is 1.09 bits per heavy atom. The van der Waals surface area contributed by atoms with E-state index < -0.39 is 17.7 Å². The van der Waals surface area contributed by atoms with Crippen molar-refractivity contribution >= 4 is 12.1 Å². The van der Waals surface area contributed by atoms with Crippen LogP contribution in [0.25, 0.3) is 0 Å². The predicted molar refractivity (Wildman–Crippen MR) is 84.1 cm³/mol. The number of carbonyl (C=O) groups excluding carboxylic acids is 2. The number of carbonyl (C=O) groups is 2. The fourth-order valence-corrected chi connectivity index (χ4v) is 1.74. The predicted octanol–water partition coefficient (Wildman–Crippen LogP) is 2.39. The number of rotatable bonds is 6. The van der Waals surface area contributed by atoms with Crippen LogP contribution in [-0.4, -0.2) is 45.0 Å². The van der Waals surface area contributed by atoms with Gasteiger partial charge in [-0.3, -0.25) is 0 Å². The molecule has 0 spiro atoms. The molecule has 0 atom stereocenters. The van der Waals surface area contributed by atoms with Crippen LogP contribution in [0.4, 0.5) is 4.79 Å². The lowest BCUT2D eigenvalue weighted by Gasteiger charge is -2.19. The molecule has 1 aromatic carbocycles. The Morgan fingerprint density at radius 2 is 1.65 bits per heavy atom. The first-order chi connectivity index (χ1) is 10.8. The first kappa shape index (κ1) is 18.6. The van der Waals surface area contributed by atoms with Crippen molar-refractivity contribution in [3.63, 3.8) is 0 Å². The van der Waals surface area contributed by atoms with E-state index in [-0.39, 0.29) is 18.7 Å². The third kappa shape index (κ3) is 6.06. The van der Waals surface area contributed by atoms with Crippen LogP contribution >= 0.6 is 0 Å². The SMILES string of the molecule is COc1cccc(OC)c1C(=O)OCCNC(=O)OC(C)(C)C. The van der Waals surface area contributed by atoms with Gasteiger partial charge in [-0.25, -0.2) is 9.59 Å². The molecule has 1 aromatic rings. The Kier molecular flexibility index (Phi) is 6.68. The van der Waals surface area contributed by atoms with Gasteiger partial charge >= 0.3 is 12.1 Å². The minimum atomic E-state index is -0.592. The van der Waals surface area contributed by atoms with E-state index in [1.165, 1.54) is 14.2 Å². The molecule has 1 amide bonds. The normalized spacial score (nSPS) is 10.7. The molecule has 1 N–H and O–H groups in total. The summed E-state index contributed by atoms with van der Waals surface area (Å²) in [5.41, 5.74) is -0.374. The zero-order valence-corrected chi connectivity index (χ0v) is 14.1. The summed E-state index contributed by atoms with van der Waals surface area (Å²) < 4.78 is 20.5. The summed E-state index contributed by atoms with van der Waals surface area (Å²) >= 11 is 0. The topological polar surface area (TPSA) is 83.1 Å². The van der Waals surface area contributed by atoms with Crippen LogP contribution in [0.1, 0.15) is 31.1 Å². The van der Waals surface area contributed by atoms with E-state index in [1.807, 2.05) is 0 Å². The summed E-state index contributed by atoms with van der Waals surface area (Å²) in [6.45, 7) is 5.43. The summed E-state index contributed by atoms with van der Waals surface area (Å²) in [5, 5.41) is 2.50. The van der Waals surface area contributed by atoms with Crippen molar-refractivity contribution in [2.75, 3.05) is 27.4 Å². The molecule has 7 nitrogen and oxygen atoms in total. The molecule has 0 aliphatic rings. The summed E-state index contributed by atoms with van der Waals surface area (Å²) in [6, 6.07) is 4.98. The molecule has 0 saturated heterocycles. The third-order valence-electron chi connectivity index (χ3n) is 2.64. The van der Waals surface area contributed by atoms with Crippen LogP contribution in [0.15, 0.2) is 18.2 Å². The minimum absolute atomic E-state index is 0.000715. The fourth-order valence-electron chi connectivity index (χ4n) is 1.74. The van der Waals surface area contributed by atoms with E-state index >= 15 is 0 Å². The molecule has 23 heavy (non-hydrogen) atoms. The van der Waals surface area contributed by atoms with E-state index in [2.05, 4.69) is 5.32 Å². The van der Waals surface area contributed by atoms with E-state index in [4.69, 9.17) is 18.9 Å². The lowest BCUT2D eigenvalue weighted by molar-refractivity contribution is 0.0429. The number of nitrogens with one attached hydrogen (secondary N) is 1. The molecule has 0 aliphatic heterocycles. The van der Waals surface area contributed by atoms with E-state index in [0.717, 1.165) is 0 Å². The van der Waals surface area contributed by atoms with Crippen LogP contribution in [0.3, 0.4) is 0 Å². The third-order valence-corrected chi connectivity index (χ3v) is 2.64. The second-order valence-corrected chi connectivity index (χ2v) is 5.60. The summed E-state index contributed by atoms with van der Waals surface area (Å²) in [7, 11) is 2.91. The molecule has 0 unspecified atom stereocenters. The molecular weight excluding hydrogens is 302 g/mol. The molecule has 0 bridgehead atoms. The highest BCUT2D eigenvalue weighted by Gasteiger charge is 2.20. The second kappa shape index (κ2) is 8.26. The fraction of sp³-hybridized carbons (Fsp3) is 0.500. The number of hydrogen-bond acceptors (Lipinski definition) is 6. The Hall–Kier alpha value is -2.44. The second-order valence-electron chi connectivity index (χ2n) is 5.60. The smallest absolute Gasteiger partial charge is 0.407 e. The highest BCUT2D eigenvalue weighted by atomic mass is 16.6. The van der Waals surface area contributed by atoms with Gasteiger partial charge in [0.1, 0.15) is 29.3 Å². The lowest BCUT2D eigenvalue weighted by atomic mass is 10.2. The number of amides is 1. The standard InChI is InChI=1S/C16H23NO6/c1-16(2,3)23-15(19)17-9-10-22-14(18)13-11(20-4)7-6-8-12(13)21-5/h6-8H,9-10H2,1-5H3,(H,17,19). The van der Waals surface area contributed by atoms with Gasteiger partial charge < -0.3 is 24.3 Å². The number of benzene rings is 1. The van der Waals surface area contributed by atoms with Gasteiger partial charge in [0.2, 0.25) is 0 Å². The highest BCUT2D eigenvalue weighted by Crippen LogP contribution is 2.28. The van der Waals surface area contributed by atoms with Gasteiger partial charge in [-0.15, -0.1) is 0 Å². The largest absolute Gasteiger partial charge is 0.496 e. The molecular formula is C16H23NO6. The van der Waals surface area contributed by atoms with Gasteiger partial charge in [0.15, 0.2) is 0 Å². The molecule has 128 valence electrons. The zero-order chi connectivity index (χ0) is 17.5. The van der Waals surface area contributed by atoms with E-state index in [9.17, 15) is 9.59 Å². The molecule has 0 aromatic heterocycles. The van der Waals surface area contributed by atoms with Crippen molar-refractivity contribution in [2.45, 2.75) is 26.4 Å². The molecule has 7 heteroatoms.